The van der Waals surface area contributed by atoms with Gasteiger partial charge in [0.1, 0.15) is 0 Å². The largest absolute Gasteiger partial charge is 0.394 e. The van der Waals surface area contributed by atoms with E-state index in [9.17, 15) is 0 Å². The van der Waals surface area contributed by atoms with Crippen LogP contribution in [0.1, 0.15) is 0 Å². The molecule has 0 fully saturated rings. The Labute approximate surface area is 63.8 Å². The third kappa shape index (κ3) is 7600. The molecule has 0 saturated carbocycles. The Morgan fingerprint density at radius 2 is 1.09 bits per heavy atom. The number of nitriles is 2. The van der Waals surface area contributed by atoms with Gasteiger partial charge in [0, 0.05) is 0 Å². The fraction of sp³-hybridized carbons (Fsp3) is 0. The molecule has 0 saturated heterocycles. The number of hydrogen-bond donors (Lipinski definition) is 4. The van der Waals surface area contributed by atoms with Gasteiger partial charge in [-0.3, -0.25) is 9.11 Å². The van der Waals surface area contributed by atoms with Crippen LogP contribution in [0.5, 0.6) is 0 Å². The van der Waals surface area contributed by atoms with Gasteiger partial charge in [-0.15, -0.1) is 0 Å². The molecule has 0 radical (unpaired) electrons. The van der Waals surface area contributed by atoms with Crippen molar-refractivity contribution in [1.29, 1.82) is 10.5 Å². The lowest BCUT2D eigenvalue weighted by Crippen LogP contribution is -1.89. The van der Waals surface area contributed by atoms with Gasteiger partial charge >= 0.3 is 10.4 Å². The second kappa shape index (κ2) is 11.6. The van der Waals surface area contributed by atoms with E-state index < -0.39 is 10.4 Å². The molecular weight excluding hydrogens is 176 g/mol. The fourth-order valence-electron chi connectivity index (χ4n) is 0. The average Bonchev–Trinajstić information content (AvgIpc) is 1.61. The summed E-state index contributed by atoms with van der Waals surface area (Å²) in [4.78, 5) is 0. The third-order valence-electron chi connectivity index (χ3n) is 0.0500. The second-order valence-corrected chi connectivity index (χ2v) is 1.57. The summed E-state index contributed by atoms with van der Waals surface area (Å²) in [5.41, 5.74) is 0. The lowest BCUT2D eigenvalue weighted by atomic mass is 10.9. The van der Waals surface area contributed by atoms with Gasteiger partial charge in [-0.05, 0) is 0 Å². The molecule has 0 aliphatic heterocycles. The Balaban J connectivity index is -0.0000000383. The van der Waals surface area contributed by atoms with Crippen LogP contribution in [0.25, 0.3) is 0 Å². The van der Waals surface area contributed by atoms with Crippen LogP contribution >= 0.6 is 0 Å². The van der Waals surface area contributed by atoms with Crippen LogP contribution in [0.15, 0.2) is 0 Å². The molecule has 0 unspecified atom stereocenters. The van der Waals surface area contributed by atoms with E-state index in [1.807, 2.05) is 0 Å². The molecule has 0 spiro atoms. The average molecular weight is 184 g/mol. The lowest BCUT2D eigenvalue weighted by Gasteiger charge is -1.68. The van der Waals surface area contributed by atoms with Crippen LogP contribution in [0.2, 0.25) is 0 Å². The monoisotopic (exact) mass is 184 g/mol. The summed E-state index contributed by atoms with van der Waals surface area (Å²) < 4.78 is 31.6. The number of hydrogen-bond acceptors (Lipinski definition) is 6. The molecule has 9 heteroatoms. The van der Waals surface area contributed by atoms with Crippen molar-refractivity contribution in [3.05, 3.63) is 0 Å². The van der Waals surface area contributed by atoms with Crippen LogP contribution in [0.4, 0.5) is 0 Å². The van der Waals surface area contributed by atoms with E-state index in [0.29, 0.717) is 0 Å². The van der Waals surface area contributed by atoms with Crippen molar-refractivity contribution < 1.29 is 17.5 Å². The van der Waals surface area contributed by atoms with Crippen LogP contribution in [-0.2, 0) is 10.4 Å². The van der Waals surface area contributed by atoms with Crippen LogP contribution < -0.4 is 12.3 Å². The molecule has 0 aromatic rings. The minimum Gasteiger partial charge on any atom is -0.344 e. The van der Waals surface area contributed by atoms with Crippen molar-refractivity contribution in [2.75, 3.05) is 0 Å². The van der Waals surface area contributed by atoms with E-state index in [1.165, 1.54) is 12.1 Å². The summed E-state index contributed by atoms with van der Waals surface area (Å²) >= 11 is 0. The van der Waals surface area contributed by atoms with Gasteiger partial charge in [0.15, 0.2) is 12.1 Å². The van der Waals surface area contributed by atoms with Gasteiger partial charge in [0.2, 0.25) is 0 Å². The Kier molecular flexibility index (Phi) is 23.7. The van der Waals surface area contributed by atoms with Crippen molar-refractivity contribution in [2.24, 2.45) is 0 Å². The molecule has 0 aliphatic carbocycles. The van der Waals surface area contributed by atoms with Gasteiger partial charge in [-0.2, -0.15) is 18.9 Å². The predicted octanol–water partition coefficient (Wildman–Crippen LogP) is -0.295. The molecule has 0 rings (SSSR count). The molecule has 8 N–H and O–H groups in total. The van der Waals surface area contributed by atoms with E-state index in [1.54, 1.807) is 0 Å². The number of rotatable bonds is 0. The minimum absolute atomic E-state index is 0. The molecule has 8 nitrogen and oxygen atoms in total. The Hall–Kier alpha value is -1.23. The number of nitrogens with zero attached hydrogens (tertiary/aromatic N) is 2. The first-order valence-electron chi connectivity index (χ1n) is 1.40. The molecule has 0 heterocycles. The Morgan fingerprint density at radius 1 is 1.00 bits per heavy atom. The first-order valence-corrected chi connectivity index (χ1v) is 2.79. The fourth-order valence-corrected chi connectivity index (χ4v) is 0. The predicted molar refractivity (Wildman–Crippen MR) is 35.4 cm³/mol. The summed E-state index contributed by atoms with van der Waals surface area (Å²) in [5, 5.41) is 14.5. The SMILES string of the molecule is N.N.N#CC#N.O=S(=O)(O)O. The summed E-state index contributed by atoms with van der Waals surface area (Å²) in [7, 11) is -4.67. The van der Waals surface area contributed by atoms with Crippen LogP contribution in [0.3, 0.4) is 0 Å². The maximum Gasteiger partial charge on any atom is 0.394 e. The van der Waals surface area contributed by atoms with Gasteiger partial charge in [-0.25, -0.2) is 0 Å². The van der Waals surface area contributed by atoms with Crippen molar-refractivity contribution in [3.63, 3.8) is 0 Å². The minimum atomic E-state index is -4.67. The lowest BCUT2D eigenvalue weighted by molar-refractivity contribution is 0.381. The highest BCUT2D eigenvalue weighted by molar-refractivity contribution is 7.79. The third-order valence-corrected chi connectivity index (χ3v) is 0.0500. The van der Waals surface area contributed by atoms with Crippen molar-refractivity contribution in [1.82, 2.24) is 12.3 Å². The highest BCUT2D eigenvalue weighted by Crippen LogP contribution is 1.59. The highest BCUT2D eigenvalue weighted by Gasteiger charge is 1.84. The topological polar surface area (TPSA) is 192 Å². The summed E-state index contributed by atoms with van der Waals surface area (Å²) in [6.45, 7) is 0. The molecule has 0 bridgehead atoms. The van der Waals surface area contributed by atoms with Crippen molar-refractivity contribution in [2.45, 2.75) is 0 Å². The summed E-state index contributed by atoms with van der Waals surface area (Å²) in [6, 6.07) is 2.47. The van der Waals surface area contributed by atoms with Gasteiger partial charge in [0.05, 0.1) is 0 Å². The maximum absolute atomic E-state index is 8.74. The molecule has 11 heavy (non-hydrogen) atoms. The van der Waals surface area contributed by atoms with E-state index in [-0.39, 0.29) is 12.3 Å². The molecule has 66 valence electrons. The van der Waals surface area contributed by atoms with Crippen LogP contribution in [-0.4, -0.2) is 17.5 Å². The van der Waals surface area contributed by atoms with E-state index >= 15 is 0 Å². The van der Waals surface area contributed by atoms with Crippen molar-refractivity contribution >= 4 is 10.4 Å². The summed E-state index contributed by atoms with van der Waals surface area (Å²) in [5.74, 6) is 0. The first kappa shape index (κ1) is 22.6. The normalized spacial score (nSPS) is 6.18. The Bertz CT molecular complexity index is 212. The van der Waals surface area contributed by atoms with Gasteiger partial charge < -0.3 is 12.3 Å². The smallest absolute Gasteiger partial charge is 0.344 e. The van der Waals surface area contributed by atoms with E-state index in [0.717, 1.165) is 0 Å². The Morgan fingerprint density at radius 3 is 1.09 bits per heavy atom. The molecule has 0 aromatic heterocycles. The zero-order valence-electron chi connectivity index (χ0n) is 5.43. The van der Waals surface area contributed by atoms with E-state index in [2.05, 4.69) is 0 Å². The molecule has 0 atom stereocenters. The molecule has 0 aromatic carbocycles. The second-order valence-electron chi connectivity index (χ2n) is 0.671. The van der Waals surface area contributed by atoms with Crippen molar-refractivity contribution in [3.8, 4) is 12.1 Å². The quantitative estimate of drug-likeness (QED) is 0.368. The molecule has 0 amide bonds. The molecule has 0 aliphatic rings. The maximum atomic E-state index is 8.74. The standard InChI is InChI=1S/C2N2.2H3N.H2O4S/c3-1-2-4;;;1-5(2,3)4/h;2*1H3;(H2,1,2,3,4). The van der Waals surface area contributed by atoms with Gasteiger partial charge in [0.25, 0.3) is 0 Å². The highest BCUT2D eigenvalue weighted by atomic mass is 32.3. The zero-order chi connectivity index (χ0) is 7.91. The van der Waals surface area contributed by atoms with Gasteiger partial charge in [-0.1, -0.05) is 0 Å². The zero-order valence-corrected chi connectivity index (χ0v) is 6.24. The van der Waals surface area contributed by atoms with E-state index in [4.69, 9.17) is 28.0 Å². The van der Waals surface area contributed by atoms with Crippen LogP contribution in [0, 0.1) is 22.7 Å². The first-order chi connectivity index (χ1) is 3.91. The summed E-state index contributed by atoms with van der Waals surface area (Å²) in [6.07, 6.45) is 0. The molecular formula is C2H8N4O4S.